The van der Waals surface area contributed by atoms with Crippen LogP contribution < -0.4 is 5.32 Å². The first-order chi connectivity index (χ1) is 9.19. The van der Waals surface area contributed by atoms with Gasteiger partial charge >= 0.3 is 0 Å². The third-order valence-electron chi connectivity index (χ3n) is 4.20. The van der Waals surface area contributed by atoms with E-state index in [1.54, 1.807) is 6.33 Å². The highest BCUT2D eigenvalue weighted by atomic mass is 16.5. The lowest BCUT2D eigenvalue weighted by Crippen LogP contribution is -2.38. The van der Waals surface area contributed by atoms with Crippen LogP contribution in [0.15, 0.2) is 6.33 Å². The number of hydrogen-bond donors (Lipinski definition) is 1. The Balaban J connectivity index is 1.70. The van der Waals surface area contributed by atoms with Crippen LogP contribution in [0.5, 0.6) is 0 Å². The Hall–Kier alpha value is -0.940. The normalized spacial score (nSPS) is 27.3. The van der Waals surface area contributed by atoms with Gasteiger partial charge in [0.05, 0.1) is 6.61 Å². The molecule has 5 heteroatoms. The van der Waals surface area contributed by atoms with Gasteiger partial charge in [0.25, 0.3) is 0 Å². The minimum Gasteiger partial charge on any atom is -0.381 e. The first-order valence-electron chi connectivity index (χ1n) is 7.38. The van der Waals surface area contributed by atoms with Gasteiger partial charge in [-0.15, -0.1) is 0 Å². The predicted molar refractivity (Wildman–Crippen MR) is 73.0 cm³/mol. The molecule has 106 valence electrons. The zero-order valence-electron chi connectivity index (χ0n) is 11.9. The number of aromatic nitrogens is 3. The second-order valence-electron chi connectivity index (χ2n) is 6.35. The molecular weight excluding hydrogens is 240 g/mol. The molecule has 3 rings (SSSR count). The van der Waals surface area contributed by atoms with Gasteiger partial charge in [0.15, 0.2) is 0 Å². The molecular formula is C14H24N4O. The van der Waals surface area contributed by atoms with E-state index in [4.69, 9.17) is 4.74 Å². The van der Waals surface area contributed by atoms with Crippen LogP contribution >= 0.6 is 0 Å². The second-order valence-corrected chi connectivity index (χ2v) is 6.35. The topological polar surface area (TPSA) is 52.0 Å². The van der Waals surface area contributed by atoms with Gasteiger partial charge in [0.2, 0.25) is 0 Å². The fraction of sp³-hybridized carbons (Fsp3) is 0.857. The maximum Gasteiger partial charge on any atom is 0.138 e. The van der Waals surface area contributed by atoms with E-state index in [1.807, 2.05) is 4.68 Å². The summed E-state index contributed by atoms with van der Waals surface area (Å²) in [4.78, 5) is 4.46. The number of nitrogens with zero attached hydrogens (tertiary/aromatic N) is 3. The molecule has 0 bridgehead atoms. The van der Waals surface area contributed by atoms with Gasteiger partial charge in [-0.2, -0.15) is 5.10 Å². The average molecular weight is 264 g/mol. The summed E-state index contributed by atoms with van der Waals surface area (Å²) < 4.78 is 7.70. The fourth-order valence-electron chi connectivity index (χ4n) is 2.81. The number of hydrogen-bond acceptors (Lipinski definition) is 4. The van der Waals surface area contributed by atoms with Gasteiger partial charge in [-0.25, -0.2) is 9.67 Å². The van der Waals surface area contributed by atoms with E-state index in [2.05, 4.69) is 29.2 Å². The van der Waals surface area contributed by atoms with Crippen molar-refractivity contribution < 1.29 is 4.74 Å². The highest BCUT2D eigenvalue weighted by Gasteiger charge is 2.38. The summed E-state index contributed by atoms with van der Waals surface area (Å²) in [6.07, 6.45) is 6.42. The van der Waals surface area contributed by atoms with Crippen LogP contribution in [0, 0.1) is 5.41 Å². The standard InChI is InChI=1S/C14H24N4O/c1-11(2)18-13(16-10-17-18)7-14(5-6-19-9-14)8-15-12-3-4-12/h10-12,15H,3-9H2,1-2H3. The summed E-state index contributed by atoms with van der Waals surface area (Å²) in [5, 5.41) is 8.00. The highest BCUT2D eigenvalue weighted by Crippen LogP contribution is 2.33. The van der Waals surface area contributed by atoms with E-state index in [1.165, 1.54) is 12.8 Å². The van der Waals surface area contributed by atoms with Crippen molar-refractivity contribution in [3.8, 4) is 0 Å². The summed E-state index contributed by atoms with van der Waals surface area (Å²) >= 11 is 0. The van der Waals surface area contributed by atoms with Crippen molar-refractivity contribution in [3.63, 3.8) is 0 Å². The van der Waals surface area contributed by atoms with Crippen molar-refractivity contribution in [1.29, 1.82) is 0 Å². The van der Waals surface area contributed by atoms with Crippen LogP contribution in [0.2, 0.25) is 0 Å². The third-order valence-corrected chi connectivity index (χ3v) is 4.20. The molecule has 1 aliphatic carbocycles. The molecule has 0 amide bonds. The lowest BCUT2D eigenvalue weighted by molar-refractivity contribution is 0.146. The van der Waals surface area contributed by atoms with E-state index >= 15 is 0 Å². The summed E-state index contributed by atoms with van der Waals surface area (Å²) in [6.45, 7) is 7.07. The number of nitrogens with one attached hydrogen (secondary N) is 1. The maximum atomic E-state index is 5.66. The highest BCUT2D eigenvalue weighted by molar-refractivity contribution is 4.99. The first-order valence-corrected chi connectivity index (χ1v) is 7.38. The van der Waals surface area contributed by atoms with E-state index in [9.17, 15) is 0 Å². The van der Waals surface area contributed by atoms with Crippen LogP contribution in [0.3, 0.4) is 0 Å². The average Bonchev–Trinajstić information content (AvgIpc) is 2.91. The quantitative estimate of drug-likeness (QED) is 0.847. The Kier molecular flexibility index (Phi) is 3.58. The Bertz CT molecular complexity index is 419. The lowest BCUT2D eigenvalue weighted by atomic mass is 9.83. The molecule has 2 fully saturated rings. The molecule has 1 N–H and O–H groups in total. The van der Waals surface area contributed by atoms with E-state index in [-0.39, 0.29) is 5.41 Å². The molecule has 0 radical (unpaired) electrons. The maximum absolute atomic E-state index is 5.66. The lowest BCUT2D eigenvalue weighted by Gasteiger charge is -2.28. The minimum atomic E-state index is 0.211. The van der Waals surface area contributed by atoms with Gasteiger partial charge in [-0.3, -0.25) is 0 Å². The van der Waals surface area contributed by atoms with Gasteiger partial charge in [0.1, 0.15) is 12.2 Å². The first kappa shape index (κ1) is 13.1. The van der Waals surface area contributed by atoms with E-state index in [0.717, 1.165) is 44.5 Å². The molecule has 2 heterocycles. The van der Waals surface area contributed by atoms with Gasteiger partial charge < -0.3 is 10.1 Å². The van der Waals surface area contributed by atoms with Gasteiger partial charge in [-0.1, -0.05) is 0 Å². The van der Waals surface area contributed by atoms with Crippen molar-refractivity contribution in [2.24, 2.45) is 5.41 Å². The molecule has 0 aromatic carbocycles. The minimum absolute atomic E-state index is 0.211. The SMILES string of the molecule is CC(C)n1ncnc1CC1(CNC2CC2)CCOC1. The summed E-state index contributed by atoms with van der Waals surface area (Å²) in [7, 11) is 0. The molecule has 0 spiro atoms. The Labute approximate surface area is 114 Å². The molecule has 1 aromatic rings. The van der Waals surface area contributed by atoms with Crippen molar-refractivity contribution >= 4 is 0 Å². The zero-order chi connectivity index (χ0) is 13.3. The van der Waals surface area contributed by atoms with Gasteiger partial charge in [0, 0.05) is 37.1 Å². The summed E-state index contributed by atoms with van der Waals surface area (Å²) in [5.41, 5.74) is 0.211. The van der Waals surface area contributed by atoms with Crippen LogP contribution in [-0.4, -0.2) is 40.6 Å². The Morgan fingerprint density at radius 1 is 1.53 bits per heavy atom. The number of rotatable bonds is 6. The third kappa shape index (κ3) is 2.98. The molecule has 1 saturated carbocycles. The van der Waals surface area contributed by atoms with Crippen molar-refractivity contribution in [3.05, 3.63) is 12.2 Å². The van der Waals surface area contributed by atoms with Crippen molar-refractivity contribution in [1.82, 2.24) is 20.1 Å². The molecule has 1 aromatic heterocycles. The monoisotopic (exact) mass is 264 g/mol. The van der Waals surface area contributed by atoms with Crippen LogP contribution in [-0.2, 0) is 11.2 Å². The van der Waals surface area contributed by atoms with Crippen LogP contribution in [0.4, 0.5) is 0 Å². The van der Waals surface area contributed by atoms with Crippen molar-refractivity contribution in [2.45, 2.75) is 51.6 Å². The molecule has 1 atom stereocenters. The Morgan fingerprint density at radius 2 is 2.37 bits per heavy atom. The summed E-state index contributed by atoms with van der Waals surface area (Å²) in [5.74, 6) is 1.10. The van der Waals surface area contributed by atoms with Gasteiger partial charge in [-0.05, 0) is 33.1 Å². The smallest absolute Gasteiger partial charge is 0.138 e. The van der Waals surface area contributed by atoms with Crippen LogP contribution in [0.25, 0.3) is 0 Å². The molecule has 1 unspecified atom stereocenters. The molecule has 19 heavy (non-hydrogen) atoms. The molecule has 2 aliphatic rings. The Morgan fingerprint density at radius 3 is 3.00 bits per heavy atom. The fourth-order valence-corrected chi connectivity index (χ4v) is 2.81. The van der Waals surface area contributed by atoms with E-state index in [0.29, 0.717) is 6.04 Å². The zero-order valence-corrected chi connectivity index (χ0v) is 11.9. The number of ether oxygens (including phenoxy) is 1. The van der Waals surface area contributed by atoms with Crippen molar-refractivity contribution in [2.75, 3.05) is 19.8 Å². The molecule has 5 nitrogen and oxygen atoms in total. The largest absolute Gasteiger partial charge is 0.381 e. The van der Waals surface area contributed by atoms with Crippen LogP contribution in [0.1, 0.15) is 45.0 Å². The second kappa shape index (κ2) is 5.21. The van der Waals surface area contributed by atoms with E-state index < -0.39 is 0 Å². The predicted octanol–water partition coefficient (Wildman–Crippen LogP) is 1.56. The molecule has 1 saturated heterocycles. The molecule has 1 aliphatic heterocycles. The summed E-state index contributed by atoms with van der Waals surface area (Å²) in [6, 6.07) is 1.12.